The zero-order valence-electron chi connectivity index (χ0n) is 12.1. The molecule has 1 saturated heterocycles. The molecule has 1 heterocycles. The van der Waals surface area contributed by atoms with Crippen LogP contribution in [0.15, 0.2) is 30.3 Å². The summed E-state index contributed by atoms with van der Waals surface area (Å²) in [6.07, 6.45) is 2.55. The topological polar surface area (TPSA) is 35.5 Å². The number of likely N-dealkylation sites (tertiary alicyclic amines) is 1. The van der Waals surface area contributed by atoms with E-state index in [9.17, 15) is 5.11 Å². The monoisotopic (exact) mass is 262 g/mol. The molecule has 0 aromatic heterocycles. The average Bonchev–Trinajstić information content (AvgIpc) is 2.91. The third-order valence-electron chi connectivity index (χ3n) is 3.85. The SMILES string of the molecule is CC(C)NC(CO)(CN1CCCC1)c1ccccc1. The van der Waals surface area contributed by atoms with Crippen LogP contribution in [0.25, 0.3) is 0 Å². The van der Waals surface area contributed by atoms with Crippen molar-refractivity contribution in [1.29, 1.82) is 0 Å². The zero-order chi connectivity index (χ0) is 13.7. The van der Waals surface area contributed by atoms with Crippen LogP contribution in [-0.4, -0.2) is 42.3 Å². The van der Waals surface area contributed by atoms with Gasteiger partial charge in [-0.1, -0.05) is 30.3 Å². The van der Waals surface area contributed by atoms with E-state index in [4.69, 9.17) is 0 Å². The van der Waals surface area contributed by atoms with Gasteiger partial charge >= 0.3 is 0 Å². The molecule has 0 bridgehead atoms. The number of nitrogens with one attached hydrogen (secondary N) is 1. The number of rotatable bonds is 6. The number of aliphatic hydroxyl groups excluding tert-OH is 1. The first-order valence-corrected chi connectivity index (χ1v) is 7.33. The van der Waals surface area contributed by atoms with Crippen molar-refractivity contribution in [3.05, 3.63) is 35.9 Å². The van der Waals surface area contributed by atoms with Crippen LogP contribution in [0.3, 0.4) is 0 Å². The van der Waals surface area contributed by atoms with Crippen LogP contribution >= 0.6 is 0 Å². The number of nitrogens with zero attached hydrogens (tertiary/aromatic N) is 1. The quantitative estimate of drug-likeness (QED) is 0.823. The van der Waals surface area contributed by atoms with Crippen LogP contribution < -0.4 is 5.32 Å². The molecule has 1 fully saturated rings. The number of benzene rings is 1. The van der Waals surface area contributed by atoms with Gasteiger partial charge in [0.15, 0.2) is 0 Å². The summed E-state index contributed by atoms with van der Waals surface area (Å²) in [5.41, 5.74) is 0.831. The van der Waals surface area contributed by atoms with E-state index in [0.29, 0.717) is 6.04 Å². The summed E-state index contributed by atoms with van der Waals surface area (Å²) in [4.78, 5) is 2.46. The predicted octanol–water partition coefficient (Wildman–Crippen LogP) is 1.97. The molecule has 19 heavy (non-hydrogen) atoms. The van der Waals surface area contributed by atoms with Gasteiger partial charge in [0.05, 0.1) is 12.1 Å². The molecule has 0 radical (unpaired) electrons. The van der Waals surface area contributed by atoms with E-state index in [-0.39, 0.29) is 12.1 Å². The first-order chi connectivity index (χ1) is 9.16. The number of hydrogen-bond donors (Lipinski definition) is 2. The van der Waals surface area contributed by atoms with Crippen molar-refractivity contribution in [3.63, 3.8) is 0 Å². The number of aliphatic hydroxyl groups is 1. The lowest BCUT2D eigenvalue weighted by Crippen LogP contribution is -2.55. The maximum absolute atomic E-state index is 10.1. The molecule has 1 aromatic carbocycles. The van der Waals surface area contributed by atoms with E-state index >= 15 is 0 Å². The van der Waals surface area contributed by atoms with E-state index in [2.05, 4.69) is 36.2 Å². The highest BCUT2D eigenvalue weighted by Gasteiger charge is 2.34. The Kier molecular flexibility index (Phi) is 4.97. The molecule has 106 valence electrons. The molecule has 3 heteroatoms. The average molecular weight is 262 g/mol. The molecule has 1 aromatic rings. The standard InChI is InChI=1S/C16H26N2O/c1-14(2)17-16(13-19,12-18-10-6-7-11-18)15-8-4-3-5-9-15/h3-5,8-9,14,17,19H,6-7,10-13H2,1-2H3. The van der Waals surface area contributed by atoms with E-state index in [1.54, 1.807) is 0 Å². The van der Waals surface area contributed by atoms with E-state index < -0.39 is 0 Å². The molecule has 2 N–H and O–H groups in total. The van der Waals surface area contributed by atoms with Gasteiger partial charge < -0.3 is 15.3 Å². The second kappa shape index (κ2) is 6.51. The molecule has 0 aliphatic carbocycles. The lowest BCUT2D eigenvalue weighted by molar-refractivity contribution is 0.109. The Morgan fingerprint density at radius 2 is 1.84 bits per heavy atom. The fraction of sp³-hybridized carbons (Fsp3) is 0.625. The van der Waals surface area contributed by atoms with Gasteiger partial charge in [0.1, 0.15) is 0 Å². The Labute approximate surface area is 116 Å². The van der Waals surface area contributed by atoms with Crippen molar-refractivity contribution < 1.29 is 5.11 Å². The maximum atomic E-state index is 10.1. The lowest BCUT2D eigenvalue weighted by atomic mass is 9.89. The fourth-order valence-corrected chi connectivity index (χ4v) is 3.04. The van der Waals surface area contributed by atoms with E-state index in [1.165, 1.54) is 18.4 Å². The molecule has 1 aliphatic rings. The van der Waals surface area contributed by atoms with Gasteiger partial charge in [-0.25, -0.2) is 0 Å². The van der Waals surface area contributed by atoms with Crippen LogP contribution in [0.5, 0.6) is 0 Å². The van der Waals surface area contributed by atoms with Gasteiger partial charge in [-0.05, 0) is 45.3 Å². The molecule has 3 nitrogen and oxygen atoms in total. The Morgan fingerprint density at radius 1 is 1.21 bits per heavy atom. The van der Waals surface area contributed by atoms with Crippen molar-refractivity contribution in [1.82, 2.24) is 10.2 Å². The van der Waals surface area contributed by atoms with Crippen molar-refractivity contribution >= 4 is 0 Å². The minimum atomic E-state index is -0.347. The highest BCUT2D eigenvalue weighted by Crippen LogP contribution is 2.25. The highest BCUT2D eigenvalue weighted by molar-refractivity contribution is 5.25. The summed E-state index contributed by atoms with van der Waals surface area (Å²) < 4.78 is 0. The van der Waals surface area contributed by atoms with Crippen LogP contribution in [0.4, 0.5) is 0 Å². The fourth-order valence-electron chi connectivity index (χ4n) is 3.04. The second-order valence-electron chi connectivity index (χ2n) is 5.89. The van der Waals surface area contributed by atoms with Crippen molar-refractivity contribution in [2.24, 2.45) is 0 Å². The summed E-state index contributed by atoms with van der Waals surface area (Å²) in [5.74, 6) is 0. The van der Waals surface area contributed by atoms with Crippen LogP contribution in [0, 0.1) is 0 Å². The summed E-state index contributed by atoms with van der Waals surface area (Å²) in [6.45, 7) is 7.58. The minimum absolute atomic E-state index is 0.131. The summed E-state index contributed by atoms with van der Waals surface area (Å²) in [7, 11) is 0. The molecule has 0 spiro atoms. The van der Waals surface area contributed by atoms with Gasteiger partial charge in [0, 0.05) is 12.6 Å². The Hall–Kier alpha value is -0.900. The number of hydrogen-bond acceptors (Lipinski definition) is 3. The molecule has 1 aliphatic heterocycles. The first kappa shape index (κ1) is 14.5. The molecule has 1 unspecified atom stereocenters. The van der Waals surface area contributed by atoms with Gasteiger partial charge in [0.25, 0.3) is 0 Å². The van der Waals surface area contributed by atoms with Crippen molar-refractivity contribution in [2.45, 2.75) is 38.3 Å². The minimum Gasteiger partial charge on any atom is -0.394 e. The largest absolute Gasteiger partial charge is 0.394 e. The van der Waals surface area contributed by atoms with Gasteiger partial charge in [0.2, 0.25) is 0 Å². The summed E-state index contributed by atoms with van der Waals surface area (Å²) >= 11 is 0. The van der Waals surface area contributed by atoms with Gasteiger partial charge in [-0.3, -0.25) is 0 Å². The Bertz CT molecular complexity index is 374. The van der Waals surface area contributed by atoms with Crippen molar-refractivity contribution in [2.75, 3.05) is 26.2 Å². The third-order valence-corrected chi connectivity index (χ3v) is 3.85. The van der Waals surface area contributed by atoms with Gasteiger partial charge in [-0.2, -0.15) is 0 Å². The summed E-state index contributed by atoms with van der Waals surface area (Å²) in [6, 6.07) is 10.7. The van der Waals surface area contributed by atoms with E-state index in [0.717, 1.165) is 19.6 Å². The van der Waals surface area contributed by atoms with Crippen molar-refractivity contribution in [3.8, 4) is 0 Å². The normalized spacial score (nSPS) is 19.8. The van der Waals surface area contributed by atoms with Crippen LogP contribution in [0.1, 0.15) is 32.3 Å². The molecule has 1 atom stereocenters. The smallest absolute Gasteiger partial charge is 0.0799 e. The maximum Gasteiger partial charge on any atom is 0.0799 e. The molecular weight excluding hydrogens is 236 g/mol. The molecular formula is C16H26N2O. The first-order valence-electron chi connectivity index (χ1n) is 7.33. The molecule has 2 rings (SSSR count). The second-order valence-corrected chi connectivity index (χ2v) is 5.89. The van der Waals surface area contributed by atoms with E-state index in [1.807, 2.05) is 18.2 Å². The van der Waals surface area contributed by atoms with Gasteiger partial charge in [-0.15, -0.1) is 0 Å². The lowest BCUT2D eigenvalue weighted by Gasteiger charge is -2.38. The molecule has 0 amide bonds. The Balaban J connectivity index is 2.24. The Morgan fingerprint density at radius 3 is 2.37 bits per heavy atom. The summed E-state index contributed by atoms with van der Waals surface area (Å²) in [5, 5.41) is 13.6. The molecule has 0 saturated carbocycles. The highest BCUT2D eigenvalue weighted by atomic mass is 16.3. The van der Waals surface area contributed by atoms with Crippen LogP contribution in [-0.2, 0) is 5.54 Å². The zero-order valence-corrected chi connectivity index (χ0v) is 12.1. The van der Waals surface area contributed by atoms with Crippen LogP contribution in [0.2, 0.25) is 0 Å². The third kappa shape index (κ3) is 3.56. The predicted molar refractivity (Wildman–Crippen MR) is 79.2 cm³/mol.